The molecule has 0 aromatic heterocycles. The number of carbonyl (C=O) groups is 1. The van der Waals surface area contributed by atoms with Gasteiger partial charge in [-0.15, -0.1) is 0 Å². The van der Waals surface area contributed by atoms with Gasteiger partial charge in [-0.1, -0.05) is 12.1 Å². The van der Waals surface area contributed by atoms with Crippen molar-refractivity contribution in [2.45, 2.75) is 58.0 Å². The summed E-state index contributed by atoms with van der Waals surface area (Å²) in [5.74, 6) is 0. The number of aryl methyl sites for hydroxylation is 1. The highest BCUT2D eigenvalue weighted by atomic mass is 19.4. The zero-order valence-electron chi connectivity index (χ0n) is 19.4. The summed E-state index contributed by atoms with van der Waals surface area (Å²) in [6, 6.07) is 6.51. The van der Waals surface area contributed by atoms with Crippen LogP contribution < -0.4 is 4.90 Å². The van der Waals surface area contributed by atoms with Gasteiger partial charge in [0.15, 0.2) is 6.10 Å². The Kier molecular flexibility index (Phi) is 7.60. The standard InChI is InChI=1S/C23H34F3N3O3/c1-17-5-6-19(20(15-17)28-11-13-31-14-12-28)16-27(4)22(3)7-9-29(10-8-22)21(30)32-18(2)23(24,25)26/h5-6,15,18H,7-14,16H2,1-4H3. The number of alkyl halides is 3. The van der Waals surface area contributed by atoms with Crippen molar-refractivity contribution in [1.29, 1.82) is 0 Å². The molecule has 0 spiro atoms. The summed E-state index contributed by atoms with van der Waals surface area (Å²) in [4.78, 5) is 18.2. The summed E-state index contributed by atoms with van der Waals surface area (Å²) in [5.41, 5.74) is 3.51. The lowest BCUT2D eigenvalue weighted by atomic mass is 9.87. The molecule has 2 aliphatic rings. The Bertz CT molecular complexity index is 788. The van der Waals surface area contributed by atoms with Crippen LogP contribution in [0.1, 0.15) is 37.8 Å². The number of nitrogens with zero attached hydrogens (tertiary/aromatic N) is 3. The molecule has 0 aliphatic carbocycles. The largest absolute Gasteiger partial charge is 0.437 e. The first-order chi connectivity index (χ1) is 15.0. The summed E-state index contributed by atoms with van der Waals surface area (Å²) in [5, 5.41) is 0. The smallest absolute Gasteiger partial charge is 0.425 e. The minimum atomic E-state index is -4.55. The number of hydrogen-bond acceptors (Lipinski definition) is 5. The number of amides is 1. The van der Waals surface area contributed by atoms with E-state index < -0.39 is 18.4 Å². The molecular formula is C23H34F3N3O3. The van der Waals surface area contributed by atoms with Crippen molar-refractivity contribution in [3.05, 3.63) is 29.3 Å². The fraction of sp³-hybridized carbons (Fsp3) is 0.696. The lowest BCUT2D eigenvalue weighted by Crippen LogP contribution is -2.53. The molecule has 0 N–H and O–H groups in total. The van der Waals surface area contributed by atoms with E-state index in [1.165, 1.54) is 21.7 Å². The third kappa shape index (κ3) is 5.86. The average molecular weight is 458 g/mol. The van der Waals surface area contributed by atoms with E-state index in [0.717, 1.165) is 39.8 Å². The highest BCUT2D eigenvalue weighted by Gasteiger charge is 2.41. The minimum Gasteiger partial charge on any atom is -0.437 e. The molecule has 1 amide bonds. The average Bonchev–Trinajstić information content (AvgIpc) is 2.75. The van der Waals surface area contributed by atoms with Crippen LogP contribution in [0, 0.1) is 6.92 Å². The van der Waals surface area contributed by atoms with Gasteiger partial charge >= 0.3 is 12.3 Å². The molecule has 2 saturated heterocycles. The first-order valence-corrected chi connectivity index (χ1v) is 11.2. The van der Waals surface area contributed by atoms with E-state index in [9.17, 15) is 18.0 Å². The van der Waals surface area contributed by atoms with Crippen LogP contribution in [0.5, 0.6) is 0 Å². The van der Waals surface area contributed by atoms with Crippen molar-refractivity contribution in [2.24, 2.45) is 0 Å². The van der Waals surface area contributed by atoms with Crippen LogP contribution in [0.2, 0.25) is 0 Å². The van der Waals surface area contributed by atoms with E-state index in [0.29, 0.717) is 25.9 Å². The third-order valence-electron chi connectivity index (χ3n) is 6.76. The molecule has 9 heteroatoms. The number of likely N-dealkylation sites (tertiary alicyclic amines) is 1. The highest BCUT2D eigenvalue weighted by molar-refractivity contribution is 5.68. The number of carbonyl (C=O) groups excluding carboxylic acids is 1. The normalized spacial score (nSPS) is 20.4. The van der Waals surface area contributed by atoms with Gasteiger partial charge in [0.05, 0.1) is 13.2 Å². The van der Waals surface area contributed by atoms with Crippen LogP contribution in [0.3, 0.4) is 0 Å². The van der Waals surface area contributed by atoms with Gasteiger partial charge in [0.2, 0.25) is 0 Å². The van der Waals surface area contributed by atoms with Gasteiger partial charge in [-0.05, 0) is 57.9 Å². The molecule has 2 aliphatic heterocycles. The minimum absolute atomic E-state index is 0.167. The molecule has 3 rings (SSSR count). The zero-order valence-corrected chi connectivity index (χ0v) is 19.4. The predicted octanol–water partition coefficient (Wildman–Crippen LogP) is 4.21. The van der Waals surface area contributed by atoms with Crippen molar-refractivity contribution in [3.8, 4) is 0 Å². The molecule has 0 radical (unpaired) electrons. The van der Waals surface area contributed by atoms with Gasteiger partial charge in [-0.25, -0.2) is 4.79 Å². The third-order valence-corrected chi connectivity index (χ3v) is 6.76. The number of hydrogen-bond donors (Lipinski definition) is 0. The maximum atomic E-state index is 12.7. The van der Waals surface area contributed by atoms with E-state index in [1.807, 2.05) is 0 Å². The van der Waals surface area contributed by atoms with Crippen LogP contribution in [0.15, 0.2) is 18.2 Å². The SMILES string of the molecule is Cc1ccc(CN(C)C2(C)CCN(C(=O)OC(C)C(F)(F)F)CC2)c(N2CCOCC2)c1. The summed E-state index contributed by atoms with van der Waals surface area (Å²) in [7, 11) is 2.07. The molecular weight excluding hydrogens is 423 g/mol. The summed E-state index contributed by atoms with van der Waals surface area (Å²) in [6.45, 7) is 9.76. The number of anilines is 1. The van der Waals surface area contributed by atoms with Gasteiger partial charge in [0.1, 0.15) is 0 Å². The summed E-state index contributed by atoms with van der Waals surface area (Å²) in [6.07, 6.45) is -6.22. The molecule has 1 unspecified atom stereocenters. The Morgan fingerprint density at radius 3 is 2.44 bits per heavy atom. The van der Waals surface area contributed by atoms with Gasteiger partial charge in [0.25, 0.3) is 0 Å². The van der Waals surface area contributed by atoms with E-state index in [1.54, 1.807) is 0 Å². The van der Waals surface area contributed by atoms with Crippen LogP contribution in [0.4, 0.5) is 23.7 Å². The van der Waals surface area contributed by atoms with E-state index in [2.05, 4.69) is 53.6 Å². The highest BCUT2D eigenvalue weighted by Crippen LogP contribution is 2.32. The zero-order chi connectivity index (χ0) is 23.5. The lowest BCUT2D eigenvalue weighted by Gasteiger charge is -2.45. The molecule has 32 heavy (non-hydrogen) atoms. The maximum Gasteiger partial charge on any atom is 0.425 e. The number of rotatable bonds is 5. The fourth-order valence-electron chi connectivity index (χ4n) is 4.20. The molecule has 1 atom stereocenters. The van der Waals surface area contributed by atoms with Crippen molar-refractivity contribution in [2.75, 3.05) is 51.3 Å². The number of halogens is 3. The second-order valence-electron chi connectivity index (χ2n) is 9.14. The van der Waals surface area contributed by atoms with Gasteiger partial charge in [-0.2, -0.15) is 13.2 Å². The van der Waals surface area contributed by atoms with E-state index >= 15 is 0 Å². The lowest BCUT2D eigenvalue weighted by molar-refractivity contribution is -0.200. The fourth-order valence-corrected chi connectivity index (χ4v) is 4.20. The number of ether oxygens (including phenoxy) is 2. The van der Waals surface area contributed by atoms with Crippen LogP contribution in [0.25, 0.3) is 0 Å². The van der Waals surface area contributed by atoms with Crippen molar-refractivity contribution in [3.63, 3.8) is 0 Å². The molecule has 0 saturated carbocycles. The first kappa shape index (κ1) is 24.6. The predicted molar refractivity (Wildman–Crippen MR) is 117 cm³/mol. The molecule has 180 valence electrons. The molecule has 6 nitrogen and oxygen atoms in total. The Hall–Kier alpha value is -2.00. The Labute approximate surface area is 188 Å². The Balaban J connectivity index is 1.62. The number of benzene rings is 1. The van der Waals surface area contributed by atoms with Crippen molar-refractivity contribution >= 4 is 11.8 Å². The molecule has 2 heterocycles. The molecule has 2 fully saturated rings. The van der Waals surface area contributed by atoms with E-state index in [-0.39, 0.29) is 5.54 Å². The monoisotopic (exact) mass is 457 g/mol. The van der Waals surface area contributed by atoms with Crippen molar-refractivity contribution < 1.29 is 27.4 Å². The quantitative estimate of drug-likeness (QED) is 0.663. The van der Waals surface area contributed by atoms with Crippen LogP contribution >= 0.6 is 0 Å². The number of morpholine rings is 1. The second-order valence-corrected chi connectivity index (χ2v) is 9.14. The Morgan fingerprint density at radius 2 is 1.84 bits per heavy atom. The van der Waals surface area contributed by atoms with Crippen LogP contribution in [-0.4, -0.2) is 80.2 Å². The van der Waals surface area contributed by atoms with Crippen molar-refractivity contribution in [1.82, 2.24) is 9.80 Å². The van der Waals surface area contributed by atoms with Gasteiger partial charge in [-0.3, -0.25) is 4.90 Å². The maximum absolute atomic E-state index is 12.7. The van der Waals surface area contributed by atoms with E-state index in [4.69, 9.17) is 4.74 Å². The molecule has 1 aromatic rings. The topological polar surface area (TPSA) is 45.2 Å². The first-order valence-electron chi connectivity index (χ1n) is 11.2. The molecule has 1 aromatic carbocycles. The summed E-state index contributed by atoms with van der Waals surface area (Å²) >= 11 is 0. The van der Waals surface area contributed by atoms with Crippen LogP contribution in [-0.2, 0) is 16.0 Å². The second kappa shape index (κ2) is 9.87. The summed E-state index contributed by atoms with van der Waals surface area (Å²) < 4.78 is 48.2. The molecule has 0 bridgehead atoms. The van der Waals surface area contributed by atoms with Gasteiger partial charge in [0, 0.05) is 44.0 Å². The van der Waals surface area contributed by atoms with Gasteiger partial charge < -0.3 is 19.3 Å². The number of piperidine rings is 1. The Morgan fingerprint density at radius 1 is 1.22 bits per heavy atom.